The molecule has 1 heterocycles. The Morgan fingerprint density at radius 2 is 1.83 bits per heavy atom. The fourth-order valence-electron chi connectivity index (χ4n) is 2.21. The Morgan fingerprint density at radius 1 is 1.09 bits per heavy atom. The van der Waals surface area contributed by atoms with Crippen molar-refractivity contribution in [3.05, 3.63) is 59.4 Å². The molecule has 7 heteroatoms. The summed E-state index contributed by atoms with van der Waals surface area (Å²) in [7, 11) is -3.81. The first-order valence-electron chi connectivity index (χ1n) is 7.15. The van der Waals surface area contributed by atoms with Gasteiger partial charge in [0.1, 0.15) is 10.7 Å². The molecule has 3 rings (SSSR count). The molecule has 0 aliphatic heterocycles. The van der Waals surface area contributed by atoms with Gasteiger partial charge in [-0.05, 0) is 30.7 Å². The second kappa shape index (κ2) is 6.74. The summed E-state index contributed by atoms with van der Waals surface area (Å²) in [4.78, 5) is 4.18. The number of aryl methyl sites for hydroxylation is 1. The predicted molar refractivity (Wildman–Crippen MR) is 89.5 cm³/mol. The molecule has 0 unspecified atom stereocenters. The topological polar surface area (TPSA) is 59.1 Å². The standard InChI is InChI=1S/C16H15FN2O2S2/c17-12-6-1-4-9-15(12)23(20,21)18-11-5-10-16-19-13-7-2-3-8-14(13)22-16/h1-4,6-9,18H,5,10-11H2. The van der Waals surface area contributed by atoms with Crippen molar-refractivity contribution >= 4 is 31.6 Å². The number of halogens is 1. The summed E-state index contributed by atoms with van der Waals surface area (Å²) in [5, 5.41) is 0.969. The molecule has 0 amide bonds. The van der Waals surface area contributed by atoms with E-state index in [2.05, 4.69) is 9.71 Å². The van der Waals surface area contributed by atoms with Gasteiger partial charge >= 0.3 is 0 Å². The van der Waals surface area contributed by atoms with Gasteiger partial charge in [0.15, 0.2) is 0 Å². The maximum atomic E-state index is 13.6. The van der Waals surface area contributed by atoms with Crippen LogP contribution in [0.25, 0.3) is 10.2 Å². The number of benzene rings is 2. The van der Waals surface area contributed by atoms with E-state index in [9.17, 15) is 12.8 Å². The number of hydrogen-bond donors (Lipinski definition) is 1. The van der Waals surface area contributed by atoms with Crippen LogP contribution in [0, 0.1) is 5.82 Å². The first-order chi connectivity index (χ1) is 11.1. The van der Waals surface area contributed by atoms with Crippen LogP contribution in [-0.2, 0) is 16.4 Å². The first kappa shape index (κ1) is 16.0. The largest absolute Gasteiger partial charge is 0.243 e. The van der Waals surface area contributed by atoms with Crippen LogP contribution in [-0.4, -0.2) is 19.9 Å². The van der Waals surface area contributed by atoms with E-state index in [1.165, 1.54) is 18.2 Å². The fraction of sp³-hybridized carbons (Fsp3) is 0.188. The number of rotatable bonds is 6. The molecule has 0 fully saturated rings. The van der Waals surface area contributed by atoms with Crippen LogP contribution in [0.5, 0.6) is 0 Å². The lowest BCUT2D eigenvalue weighted by Crippen LogP contribution is -2.26. The molecule has 3 aromatic rings. The number of hydrogen-bond acceptors (Lipinski definition) is 4. The number of fused-ring (bicyclic) bond motifs is 1. The number of nitrogens with zero attached hydrogens (tertiary/aromatic N) is 1. The van der Waals surface area contributed by atoms with Crippen molar-refractivity contribution in [2.24, 2.45) is 0 Å². The normalized spacial score (nSPS) is 11.9. The Kier molecular flexibility index (Phi) is 4.70. The second-order valence-corrected chi connectivity index (χ2v) is 7.86. The Bertz CT molecular complexity index is 889. The molecule has 2 aromatic carbocycles. The Hall–Kier alpha value is -1.83. The molecule has 0 spiro atoms. The summed E-state index contributed by atoms with van der Waals surface area (Å²) in [6.45, 7) is 0.243. The van der Waals surface area contributed by atoms with Crippen LogP contribution >= 0.6 is 11.3 Å². The highest BCUT2D eigenvalue weighted by Crippen LogP contribution is 2.22. The van der Waals surface area contributed by atoms with Gasteiger partial charge in [0.05, 0.1) is 15.2 Å². The molecule has 4 nitrogen and oxygen atoms in total. The van der Waals surface area contributed by atoms with Crippen molar-refractivity contribution in [2.75, 3.05) is 6.54 Å². The molecule has 0 saturated heterocycles. The zero-order chi connectivity index (χ0) is 16.3. The molecule has 1 N–H and O–H groups in total. The van der Waals surface area contributed by atoms with Gasteiger partial charge < -0.3 is 0 Å². The van der Waals surface area contributed by atoms with E-state index in [4.69, 9.17) is 0 Å². The Morgan fingerprint density at radius 3 is 2.61 bits per heavy atom. The van der Waals surface area contributed by atoms with Gasteiger partial charge in [0.25, 0.3) is 0 Å². The number of nitrogens with one attached hydrogen (secondary N) is 1. The van der Waals surface area contributed by atoms with Gasteiger partial charge in [-0.15, -0.1) is 11.3 Å². The van der Waals surface area contributed by atoms with Crippen molar-refractivity contribution in [3.8, 4) is 0 Å². The lowest BCUT2D eigenvalue weighted by molar-refractivity contribution is 0.555. The van der Waals surface area contributed by atoms with Gasteiger partial charge in [0.2, 0.25) is 10.0 Å². The molecule has 0 atom stereocenters. The molecule has 0 radical (unpaired) electrons. The second-order valence-electron chi connectivity index (χ2n) is 5.01. The SMILES string of the molecule is O=S(=O)(NCCCc1nc2ccccc2s1)c1ccccc1F. The van der Waals surface area contributed by atoms with E-state index in [1.54, 1.807) is 11.3 Å². The first-order valence-corrected chi connectivity index (χ1v) is 9.45. The van der Waals surface area contributed by atoms with Gasteiger partial charge in [-0.3, -0.25) is 0 Å². The van der Waals surface area contributed by atoms with Crippen LogP contribution in [0.4, 0.5) is 4.39 Å². The van der Waals surface area contributed by atoms with Gasteiger partial charge in [-0.2, -0.15) is 0 Å². The molecule has 120 valence electrons. The Balaban J connectivity index is 1.58. The minimum absolute atomic E-state index is 0.243. The molecular formula is C16H15FN2O2S2. The minimum Gasteiger partial charge on any atom is -0.241 e. The highest BCUT2D eigenvalue weighted by atomic mass is 32.2. The summed E-state index contributed by atoms with van der Waals surface area (Å²) in [6.07, 6.45) is 1.28. The van der Waals surface area contributed by atoms with Crippen molar-refractivity contribution in [2.45, 2.75) is 17.7 Å². The summed E-state index contributed by atoms with van der Waals surface area (Å²) in [5.74, 6) is -0.744. The molecule has 0 bridgehead atoms. The smallest absolute Gasteiger partial charge is 0.241 e. The number of thiazole rings is 1. The van der Waals surface area contributed by atoms with E-state index >= 15 is 0 Å². The average Bonchev–Trinajstić information content (AvgIpc) is 2.94. The van der Waals surface area contributed by atoms with Gasteiger partial charge in [-0.25, -0.2) is 22.5 Å². The predicted octanol–water partition coefficient (Wildman–Crippen LogP) is 3.35. The van der Waals surface area contributed by atoms with Gasteiger partial charge in [0, 0.05) is 13.0 Å². The van der Waals surface area contributed by atoms with Gasteiger partial charge in [-0.1, -0.05) is 24.3 Å². The zero-order valence-corrected chi connectivity index (χ0v) is 13.8. The van der Waals surface area contributed by atoms with Crippen LogP contribution in [0.15, 0.2) is 53.4 Å². The fourth-order valence-corrected chi connectivity index (χ4v) is 4.37. The maximum absolute atomic E-state index is 13.6. The lowest BCUT2D eigenvalue weighted by Gasteiger charge is -2.06. The van der Waals surface area contributed by atoms with E-state index in [-0.39, 0.29) is 11.4 Å². The van der Waals surface area contributed by atoms with Crippen molar-refractivity contribution in [1.82, 2.24) is 9.71 Å². The van der Waals surface area contributed by atoms with E-state index in [0.717, 1.165) is 21.3 Å². The summed E-state index contributed by atoms with van der Waals surface area (Å²) < 4.78 is 41.2. The zero-order valence-electron chi connectivity index (χ0n) is 12.2. The highest BCUT2D eigenvalue weighted by Gasteiger charge is 2.17. The van der Waals surface area contributed by atoms with E-state index in [1.807, 2.05) is 24.3 Å². The van der Waals surface area contributed by atoms with Crippen LogP contribution in [0.2, 0.25) is 0 Å². The molecule has 0 aliphatic rings. The van der Waals surface area contributed by atoms with Crippen LogP contribution in [0.3, 0.4) is 0 Å². The summed E-state index contributed by atoms with van der Waals surface area (Å²) in [6, 6.07) is 13.2. The molecular weight excluding hydrogens is 335 g/mol. The van der Waals surface area contributed by atoms with E-state index < -0.39 is 15.8 Å². The summed E-state index contributed by atoms with van der Waals surface area (Å²) >= 11 is 1.61. The summed E-state index contributed by atoms with van der Waals surface area (Å²) in [5.41, 5.74) is 0.958. The van der Waals surface area contributed by atoms with Crippen LogP contribution in [0.1, 0.15) is 11.4 Å². The van der Waals surface area contributed by atoms with E-state index in [0.29, 0.717) is 12.8 Å². The lowest BCUT2D eigenvalue weighted by atomic mass is 10.3. The molecule has 23 heavy (non-hydrogen) atoms. The number of para-hydroxylation sites is 1. The third-order valence-corrected chi connectivity index (χ3v) is 5.91. The maximum Gasteiger partial charge on any atom is 0.243 e. The third kappa shape index (κ3) is 3.74. The average molecular weight is 350 g/mol. The molecule has 1 aromatic heterocycles. The van der Waals surface area contributed by atoms with Crippen molar-refractivity contribution < 1.29 is 12.8 Å². The van der Waals surface area contributed by atoms with Crippen LogP contribution < -0.4 is 4.72 Å². The molecule has 0 aliphatic carbocycles. The van der Waals surface area contributed by atoms with Crippen molar-refractivity contribution in [3.63, 3.8) is 0 Å². The monoisotopic (exact) mass is 350 g/mol. The number of sulfonamides is 1. The number of aromatic nitrogens is 1. The highest BCUT2D eigenvalue weighted by molar-refractivity contribution is 7.89. The Labute approximate surface area is 138 Å². The molecule has 0 saturated carbocycles. The minimum atomic E-state index is -3.81. The third-order valence-electron chi connectivity index (χ3n) is 3.32. The van der Waals surface area contributed by atoms with Crippen molar-refractivity contribution in [1.29, 1.82) is 0 Å². The quantitative estimate of drug-likeness (QED) is 0.694.